The molecule has 5 rings (SSSR count). The maximum atomic E-state index is 13.7. The summed E-state index contributed by atoms with van der Waals surface area (Å²) in [5.74, 6) is 0.441. The molecule has 1 atom stereocenters. The van der Waals surface area contributed by atoms with Gasteiger partial charge in [-0.3, -0.25) is 14.5 Å². The van der Waals surface area contributed by atoms with Gasteiger partial charge in [-0.15, -0.1) is 23.1 Å². The van der Waals surface area contributed by atoms with E-state index in [9.17, 15) is 9.59 Å². The molecule has 0 saturated carbocycles. The number of para-hydroxylation sites is 1. The van der Waals surface area contributed by atoms with Crippen molar-refractivity contribution >= 4 is 52.3 Å². The van der Waals surface area contributed by atoms with Crippen molar-refractivity contribution in [3.63, 3.8) is 0 Å². The summed E-state index contributed by atoms with van der Waals surface area (Å²) in [7, 11) is 3.90. The fourth-order valence-electron chi connectivity index (χ4n) is 4.40. The third-order valence-corrected chi connectivity index (χ3v) is 8.84. The minimum absolute atomic E-state index is 0.110. The summed E-state index contributed by atoms with van der Waals surface area (Å²) >= 11 is 9.88. The highest BCUT2D eigenvalue weighted by atomic mass is 35.5. The van der Waals surface area contributed by atoms with Crippen molar-refractivity contribution in [2.24, 2.45) is 0 Å². The smallest absolute Gasteiger partial charge is 0.240 e. The summed E-state index contributed by atoms with van der Waals surface area (Å²) < 4.78 is 1.73. The van der Waals surface area contributed by atoms with E-state index in [1.165, 1.54) is 0 Å². The van der Waals surface area contributed by atoms with Crippen LogP contribution in [0.3, 0.4) is 0 Å². The van der Waals surface area contributed by atoms with Gasteiger partial charge in [-0.05, 0) is 37.7 Å². The zero-order valence-electron chi connectivity index (χ0n) is 21.1. The van der Waals surface area contributed by atoms with E-state index >= 15 is 0 Å². The zero-order valence-corrected chi connectivity index (χ0v) is 23.5. The summed E-state index contributed by atoms with van der Waals surface area (Å²) in [6.45, 7) is 1.09. The van der Waals surface area contributed by atoms with Gasteiger partial charge in [-0.1, -0.05) is 60.1 Å². The van der Waals surface area contributed by atoms with E-state index in [2.05, 4.69) is 11.4 Å². The van der Waals surface area contributed by atoms with Crippen LogP contribution in [0.5, 0.6) is 0 Å². The Morgan fingerprint density at radius 3 is 2.58 bits per heavy atom. The molecule has 1 N–H and O–H groups in total. The van der Waals surface area contributed by atoms with Crippen molar-refractivity contribution in [1.82, 2.24) is 20.0 Å². The quantitative estimate of drug-likeness (QED) is 0.322. The number of benzene rings is 2. The van der Waals surface area contributed by atoms with E-state index in [-0.39, 0.29) is 29.4 Å². The predicted molar refractivity (Wildman–Crippen MR) is 157 cm³/mol. The number of rotatable bonds is 8. The molecule has 0 saturated heterocycles. The first kappa shape index (κ1) is 26.5. The number of thioether (sulfide) groups is 1. The molecule has 10 heteroatoms. The van der Waals surface area contributed by atoms with Crippen LogP contribution >= 0.6 is 34.7 Å². The van der Waals surface area contributed by atoms with Crippen molar-refractivity contribution < 1.29 is 9.59 Å². The number of carbonyl (C=O) groups is 2. The maximum Gasteiger partial charge on any atom is 0.240 e. The van der Waals surface area contributed by atoms with Gasteiger partial charge in [0.05, 0.1) is 27.4 Å². The molecular weight excluding hydrogens is 538 g/mol. The van der Waals surface area contributed by atoms with E-state index in [1.54, 1.807) is 38.7 Å². The summed E-state index contributed by atoms with van der Waals surface area (Å²) in [5, 5.41) is 10.4. The first-order valence-corrected chi connectivity index (χ1v) is 14.5. The molecule has 4 aromatic rings. The van der Waals surface area contributed by atoms with Gasteiger partial charge in [0.1, 0.15) is 12.4 Å². The van der Waals surface area contributed by atoms with Gasteiger partial charge < -0.3 is 10.2 Å². The van der Waals surface area contributed by atoms with Crippen LogP contribution in [0, 0.1) is 0 Å². The number of halogens is 1. The highest BCUT2D eigenvalue weighted by Crippen LogP contribution is 2.49. The topological polar surface area (TPSA) is 70.5 Å². The molecule has 0 unspecified atom stereocenters. The summed E-state index contributed by atoms with van der Waals surface area (Å²) in [4.78, 5) is 31.4. The lowest BCUT2D eigenvalue weighted by molar-refractivity contribution is -0.122. The molecule has 0 radical (unpaired) electrons. The highest BCUT2D eigenvalue weighted by molar-refractivity contribution is 8.00. The Morgan fingerprint density at radius 1 is 1.11 bits per heavy atom. The Bertz CT molecular complexity index is 1420. The van der Waals surface area contributed by atoms with Gasteiger partial charge in [0.15, 0.2) is 0 Å². The number of hydrogen-bond acceptors (Lipinski definition) is 6. The molecule has 0 aliphatic carbocycles. The normalized spacial score (nSPS) is 15.4. The molecule has 38 heavy (non-hydrogen) atoms. The number of aromatic nitrogens is 2. The second-order valence-electron chi connectivity index (χ2n) is 9.15. The molecule has 196 valence electrons. The minimum atomic E-state index is -0.223. The van der Waals surface area contributed by atoms with Crippen LogP contribution in [-0.4, -0.2) is 66.0 Å². The SMILES string of the molecule is CN(C)CCNC(=O)CN1C(=O)CS[C@@H](c2cccs2)c2c(-c3ccccc3)nn(-c3ccccc3Cl)c21. The molecule has 1 aliphatic heterocycles. The number of fused-ring (bicyclic) bond motifs is 1. The van der Waals surface area contributed by atoms with Crippen LogP contribution in [0.15, 0.2) is 72.1 Å². The fraction of sp³-hybridized carbons (Fsp3) is 0.250. The number of hydrogen-bond donors (Lipinski definition) is 1. The number of anilines is 1. The minimum Gasteiger partial charge on any atom is -0.353 e. The molecule has 3 heterocycles. The van der Waals surface area contributed by atoms with Crippen LogP contribution in [0.4, 0.5) is 5.82 Å². The Balaban J connectivity index is 1.71. The number of nitrogens with zero attached hydrogens (tertiary/aromatic N) is 4. The summed E-state index contributed by atoms with van der Waals surface area (Å²) in [6.07, 6.45) is 0. The lowest BCUT2D eigenvalue weighted by Gasteiger charge is -2.23. The monoisotopic (exact) mass is 565 g/mol. The third-order valence-electron chi connectivity index (χ3n) is 6.20. The van der Waals surface area contributed by atoms with Gasteiger partial charge in [-0.25, -0.2) is 4.68 Å². The standard InChI is InChI=1S/C28H28ClN5O2S2/c1-32(2)15-14-30-23(35)17-33-24(36)18-38-27(22-13-8-16-37-22)25-26(19-9-4-3-5-10-19)31-34(28(25)33)21-12-7-6-11-20(21)29/h3-13,16,27H,14-15,17-18H2,1-2H3,(H,30,35)/t27-/m0/s1. The first-order valence-electron chi connectivity index (χ1n) is 12.2. The Hall–Kier alpha value is -3.11. The number of carbonyl (C=O) groups excluding carboxylic acids is 2. The van der Waals surface area contributed by atoms with Crippen LogP contribution in [-0.2, 0) is 9.59 Å². The van der Waals surface area contributed by atoms with E-state index in [0.717, 1.165) is 21.7 Å². The van der Waals surface area contributed by atoms with Crippen molar-refractivity contribution in [2.75, 3.05) is 44.4 Å². The molecule has 0 spiro atoms. The molecule has 0 fully saturated rings. The van der Waals surface area contributed by atoms with Crippen LogP contribution in [0.1, 0.15) is 15.7 Å². The van der Waals surface area contributed by atoms with Gasteiger partial charge in [0.2, 0.25) is 11.8 Å². The molecule has 2 aromatic carbocycles. The van der Waals surface area contributed by atoms with Gasteiger partial charge in [0, 0.05) is 29.1 Å². The molecule has 1 aliphatic rings. The van der Waals surface area contributed by atoms with Crippen molar-refractivity contribution in [3.05, 3.63) is 87.6 Å². The third kappa shape index (κ3) is 5.51. The van der Waals surface area contributed by atoms with Crippen LogP contribution in [0.2, 0.25) is 5.02 Å². The second kappa shape index (κ2) is 11.7. The highest BCUT2D eigenvalue weighted by Gasteiger charge is 2.38. The fourth-order valence-corrected chi connectivity index (χ4v) is 6.79. The largest absolute Gasteiger partial charge is 0.353 e. The van der Waals surface area contributed by atoms with Crippen molar-refractivity contribution in [1.29, 1.82) is 0 Å². The van der Waals surface area contributed by atoms with Gasteiger partial charge in [-0.2, -0.15) is 5.10 Å². The lowest BCUT2D eigenvalue weighted by atomic mass is 10.0. The molecule has 7 nitrogen and oxygen atoms in total. The average Bonchev–Trinajstić information content (AvgIpc) is 3.55. The van der Waals surface area contributed by atoms with E-state index in [1.807, 2.05) is 79.0 Å². The molecule has 0 bridgehead atoms. The number of amides is 2. The predicted octanol–water partition coefficient (Wildman–Crippen LogP) is 5.10. The lowest BCUT2D eigenvalue weighted by Crippen LogP contribution is -2.43. The molecular formula is C28H28ClN5O2S2. The Labute approximate surface area is 235 Å². The van der Waals surface area contributed by atoms with Crippen LogP contribution < -0.4 is 10.2 Å². The summed E-state index contributed by atoms with van der Waals surface area (Å²) in [6, 6.07) is 21.5. The van der Waals surface area contributed by atoms with E-state index < -0.39 is 0 Å². The van der Waals surface area contributed by atoms with Gasteiger partial charge >= 0.3 is 0 Å². The maximum absolute atomic E-state index is 13.7. The number of nitrogens with one attached hydrogen (secondary N) is 1. The van der Waals surface area contributed by atoms with Crippen molar-refractivity contribution in [3.8, 4) is 16.9 Å². The van der Waals surface area contributed by atoms with Gasteiger partial charge in [0.25, 0.3) is 0 Å². The number of likely N-dealkylation sites (N-methyl/N-ethyl adjacent to an activating group) is 1. The first-order chi connectivity index (χ1) is 18.4. The van der Waals surface area contributed by atoms with Crippen molar-refractivity contribution in [2.45, 2.75) is 5.25 Å². The summed E-state index contributed by atoms with van der Waals surface area (Å²) in [5.41, 5.74) is 3.24. The van der Waals surface area contributed by atoms with Crippen LogP contribution in [0.25, 0.3) is 16.9 Å². The average molecular weight is 566 g/mol. The Kier molecular flexibility index (Phi) is 8.18. The van der Waals surface area contributed by atoms with E-state index in [4.69, 9.17) is 16.7 Å². The molecule has 2 aromatic heterocycles. The second-order valence-corrected chi connectivity index (χ2v) is 11.6. The Morgan fingerprint density at radius 2 is 1.87 bits per heavy atom. The van der Waals surface area contributed by atoms with E-state index in [0.29, 0.717) is 29.6 Å². The number of thiophene rings is 1. The molecule has 2 amide bonds. The zero-order chi connectivity index (χ0) is 26.6.